The average Bonchev–Trinajstić information content (AvgIpc) is 3.10. The highest BCUT2D eigenvalue weighted by atomic mass is 15.1. The Balaban J connectivity index is 1.37. The lowest BCUT2D eigenvalue weighted by molar-refractivity contribution is 1.29. The van der Waals surface area contributed by atoms with E-state index in [-0.39, 0.29) is 0 Å². The molecule has 2 heteroatoms. The van der Waals surface area contributed by atoms with Crippen molar-refractivity contribution in [1.29, 1.82) is 0 Å². The Labute approximate surface area is 257 Å². The first-order valence-corrected chi connectivity index (χ1v) is 15.0. The molecule has 8 rings (SSSR count). The van der Waals surface area contributed by atoms with Crippen molar-refractivity contribution >= 4 is 66.4 Å². The van der Waals surface area contributed by atoms with Gasteiger partial charge in [-0.3, -0.25) is 0 Å². The van der Waals surface area contributed by atoms with Gasteiger partial charge in [-0.1, -0.05) is 109 Å². The van der Waals surface area contributed by atoms with Crippen LogP contribution in [0.2, 0.25) is 0 Å². The summed E-state index contributed by atoms with van der Waals surface area (Å²) in [6, 6.07) is 65.1. The molecule has 0 fully saturated rings. The second-order valence-electron chi connectivity index (χ2n) is 11.1. The molecule has 0 spiro atoms. The van der Waals surface area contributed by atoms with Gasteiger partial charge in [0.1, 0.15) is 0 Å². The molecule has 0 aliphatic rings. The molecular weight excluding hydrogens is 532 g/mol. The number of hydrogen-bond donors (Lipinski definition) is 0. The molecular formula is C42H30N2. The van der Waals surface area contributed by atoms with Crippen LogP contribution in [0.5, 0.6) is 0 Å². The maximum absolute atomic E-state index is 2.36. The third-order valence-electron chi connectivity index (χ3n) is 8.36. The predicted molar refractivity (Wildman–Crippen MR) is 188 cm³/mol. The Morgan fingerprint density at radius 3 is 0.886 bits per heavy atom. The van der Waals surface area contributed by atoms with E-state index in [1.165, 1.54) is 32.3 Å². The van der Waals surface area contributed by atoms with Crippen molar-refractivity contribution in [2.24, 2.45) is 0 Å². The first-order valence-electron chi connectivity index (χ1n) is 15.0. The molecule has 8 aromatic carbocycles. The number of benzene rings is 8. The number of rotatable bonds is 6. The molecule has 44 heavy (non-hydrogen) atoms. The summed E-state index contributed by atoms with van der Waals surface area (Å²) in [4.78, 5) is 4.67. The lowest BCUT2D eigenvalue weighted by atomic mass is 9.95. The number of para-hydroxylation sites is 4. The molecule has 0 unspecified atom stereocenters. The highest BCUT2D eigenvalue weighted by molar-refractivity contribution is 6.21. The molecule has 0 heterocycles. The Kier molecular flexibility index (Phi) is 6.51. The SMILES string of the molecule is c1ccc(N(c2ccccc2)c2ccc3ccc4ccc5ccc(N(c6ccccc6)c6ccccc6)cc5c4c3c2)cc1. The van der Waals surface area contributed by atoms with Gasteiger partial charge in [0.25, 0.3) is 0 Å². The molecule has 0 aliphatic heterocycles. The fourth-order valence-corrected chi connectivity index (χ4v) is 6.33. The zero-order chi connectivity index (χ0) is 29.3. The maximum atomic E-state index is 2.36. The summed E-state index contributed by atoms with van der Waals surface area (Å²) < 4.78 is 0. The van der Waals surface area contributed by atoms with Crippen molar-refractivity contribution in [2.75, 3.05) is 9.80 Å². The molecule has 0 aromatic heterocycles. The van der Waals surface area contributed by atoms with E-state index in [2.05, 4.69) is 192 Å². The molecule has 0 radical (unpaired) electrons. The van der Waals surface area contributed by atoms with Crippen LogP contribution in [0.25, 0.3) is 32.3 Å². The largest absolute Gasteiger partial charge is 0.310 e. The molecule has 2 nitrogen and oxygen atoms in total. The quantitative estimate of drug-likeness (QED) is 0.186. The van der Waals surface area contributed by atoms with Crippen molar-refractivity contribution < 1.29 is 0 Å². The van der Waals surface area contributed by atoms with Crippen LogP contribution in [-0.2, 0) is 0 Å². The van der Waals surface area contributed by atoms with E-state index in [9.17, 15) is 0 Å². The third-order valence-corrected chi connectivity index (χ3v) is 8.36. The normalized spacial score (nSPS) is 11.2. The molecule has 0 N–H and O–H groups in total. The molecule has 0 saturated carbocycles. The second kappa shape index (κ2) is 11.1. The minimum absolute atomic E-state index is 1.13. The Hall–Kier alpha value is -5.86. The standard InChI is InChI=1S/C42H30N2/c1-5-13-34(14-6-1)43(35-15-7-2-8-16-35)38-27-25-31-21-23-33-24-22-32-26-28-39(30-41(32)42(33)40(31)29-38)44(36-17-9-3-10-18-36)37-19-11-4-12-20-37/h1-30H. The summed E-state index contributed by atoms with van der Waals surface area (Å²) >= 11 is 0. The summed E-state index contributed by atoms with van der Waals surface area (Å²) in [5.74, 6) is 0. The van der Waals surface area contributed by atoms with Gasteiger partial charge in [0, 0.05) is 34.1 Å². The first-order chi connectivity index (χ1) is 21.8. The average molecular weight is 563 g/mol. The van der Waals surface area contributed by atoms with E-state index in [0.29, 0.717) is 0 Å². The molecule has 0 bridgehead atoms. The number of nitrogens with zero attached hydrogens (tertiary/aromatic N) is 2. The maximum Gasteiger partial charge on any atom is 0.0468 e. The number of anilines is 6. The highest BCUT2D eigenvalue weighted by Crippen LogP contribution is 2.41. The summed E-state index contributed by atoms with van der Waals surface area (Å²) in [5, 5.41) is 7.43. The highest BCUT2D eigenvalue weighted by Gasteiger charge is 2.16. The second-order valence-corrected chi connectivity index (χ2v) is 11.1. The Bertz CT molecular complexity index is 1970. The Morgan fingerprint density at radius 1 is 0.250 bits per heavy atom. The molecule has 0 amide bonds. The zero-order valence-electron chi connectivity index (χ0n) is 24.2. The van der Waals surface area contributed by atoms with Crippen molar-refractivity contribution in [3.8, 4) is 0 Å². The van der Waals surface area contributed by atoms with Crippen LogP contribution in [0.15, 0.2) is 182 Å². The summed E-state index contributed by atoms with van der Waals surface area (Å²) in [5.41, 5.74) is 6.79. The van der Waals surface area contributed by atoms with Crippen LogP contribution in [-0.4, -0.2) is 0 Å². The van der Waals surface area contributed by atoms with Gasteiger partial charge >= 0.3 is 0 Å². The van der Waals surface area contributed by atoms with Gasteiger partial charge in [-0.15, -0.1) is 0 Å². The van der Waals surface area contributed by atoms with E-state index in [4.69, 9.17) is 0 Å². The minimum Gasteiger partial charge on any atom is -0.310 e. The van der Waals surface area contributed by atoms with E-state index in [1.54, 1.807) is 0 Å². The number of fused-ring (bicyclic) bond motifs is 5. The molecule has 0 aliphatic carbocycles. The van der Waals surface area contributed by atoms with Gasteiger partial charge in [0.2, 0.25) is 0 Å². The van der Waals surface area contributed by atoms with Gasteiger partial charge in [0.05, 0.1) is 0 Å². The fourth-order valence-electron chi connectivity index (χ4n) is 6.33. The summed E-state index contributed by atoms with van der Waals surface area (Å²) in [6.07, 6.45) is 0. The smallest absolute Gasteiger partial charge is 0.0468 e. The fraction of sp³-hybridized carbons (Fsp3) is 0. The van der Waals surface area contributed by atoms with E-state index >= 15 is 0 Å². The van der Waals surface area contributed by atoms with Crippen LogP contribution in [0.3, 0.4) is 0 Å². The van der Waals surface area contributed by atoms with Crippen LogP contribution in [0, 0.1) is 0 Å². The predicted octanol–water partition coefficient (Wildman–Crippen LogP) is 12.1. The van der Waals surface area contributed by atoms with Gasteiger partial charge < -0.3 is 9.80 Å². The van der Waals surface area contributed by atoms with Gasteiger partial charge in [-0.2, -0.15) is 0 Å². The molecule has 208 valence electrons. The van der Waals surface area contributed by atoms with E-state index < -0.39 is 0 Å². The van der Waals surface area contributed by atoms with Crippen molar-refractivity contribution in [3.05, 3.63) is 182 Å². The summed E-state index contributed by atoms with van der Waals surface area (Å²) in [7, 11) is 0. The zero-order valence-corrected chi connectivity index (χ0v) is 24.2. The van der Waals surface area contributed by atoms with Crippen LogP contribution in [0.4, 0.5) is 34.1 Å². The monoisotopic (exact) mass is 562 g/mol. The van der Waals surface area contributed by atoms with Crippen LogP contribution >= 0.6 is 0 Å². The van der Waals surface area contributed by atoms with Gasteiger partial charge in [0.15, 0.2) is 0 Å². The minimum atomic E-state index is 1.13. The lowest BCUT2D eigenvalue weighted by Gasteiger charge is -2.26. The first kappa shape index (κ1) is 25.8. The lowest BCUT2D eigenvalue weighted by Crippen LogP contribution is -2.09. The molecule has 0 atom stereocenters. The van der Waals surface area contributed by atoms with Crippen molar-refractivity contribution in [1.82, 2.24) is 0 Å². The van der Waals surface area contributed by atoms with Crippen LogP contribution in [0.1, 0.15) is 0 Å². The van der Waals surface area contributed by atoms with E-state index in [0.717, 1.165) is 34.1 Å². The van der Waals surface area contributed by atoms with E-state index in [1.807, 2.05) is 0 Å². The van der Waals surface area contributed by atoms with Crippen LogP contribution < -0.4 is 9.80 Å². The number of hydrogen-bond acceptors (Lipinski definition) is 2. The van der Waals surface area contributed by atoms with Gasteiger partial charge in [-0.05, 0) is 105 Å². The van der Waals surface area contributed by atoms with Gasteiger partial charge in [-0.25, -0.2) is 0 Å². The molecule has 0 saturated heterocycles. The molecule has 8 aromatic rings. The van der Waals surface area contributed by atoms with Crippen molar-refractivity contribution in [2.45, 2.75) is 0 Å². The Morgan fingerprint density at radius 2 is 0.545 bits per heavy atom. The van der Waals surface area contributed by atoms with Crippen molar-refractivity contribution in [3.63, 3.8) is 0 Å². The topological polar surface area (TPSA) is 6.48 Å². The third kappa shape index (κ3) is 4.63. The summed E-state index contributed by atoms with van der Waals surface area (Å²) in [6.45, 7) is 0.